The number of rotatable bonds is 3. The molecule has 1 heterocycles. The molecule has 3 nitrogen and oxygen atoms in total. The third-order valence-corrected chi connectivity index (χ3v) is 2.63. The molecule has 0 aliphatic rings. The van der Waals surface area contributed by atoms with Crippen molar-refractivity contribution in [2.24, 2.45) is 7.05 Å². The van der Waals surface area contributed by atoms with Gasteiger partial charge in [0.15, 0.2) is 11.6 Å². The first-order valence-electron chi connectivity index (χ1n) is 5.28. The molecule has 0 fully saturated rings. The average molecular weight is 237 g/mol. The number of halogens is 2. The molecule has 1 aromatic carbocycles. The molecule has 0 aliphatic carbocycles. The molecule has 17 heavy (non-hydrogen) atoms. The molecule has 0 spiro atoms. The summed E-state index contributed by atoms with van der Waals surface area (Å²) >= 11 is 0. The van der Waals surface area contributed by atoms with Gasteiger partial charge in [-0.2, -0.15) is 5.10 Å². The fourth-order valence-corrected chi connectivity index (χ4v) is 1.73. The smallest absolute Gasteiger partial charge is 0.181 e. The second kappa shape index (κ2) is 4.53. The molecule has 90 valence electrons. The number of nitrogens with zero attached hydrogens (tertiary/aromatic N) is 2. The summed E-state index contributed by atoms with van der Waals surface area (Å²) in [7, 11) is 1.80. The maximum atomic E-state index is 13.4. The zero-order valence-electron chi connectivity index (χ0n) is 9.61. The summed E-state index contributed by atoms with van der Waals surface area (Å²) in [4.78, 5) is 0. The summed E-state index contributed by atoms with van der Waals surface area (Å²) in [5.41, 5.74) is 1.05. The Balaban J connectivity index is 2.22. The van der Waals surface area contributed by atoms with Crippen molar-refractivity contribution in [2.75, 3.05) is 5.32 Å². The Morgan fingerprint density at radius 1 is 1.29 bits per heavy atom. The minimum atomic E-state index is -0.860. The molecule has 0 saturated carbocycles. The van der Waals surface area contributed by atoms with Gasteiger partial charge >= 0.3 is 0 Å². The Bertz CT molecular complexity index is 522. The van der Waals surface area contributed by atoms with Crippen LogP contribution in [0.1, 0.15) is 18.7 Å². The molecule has 1 atom stereocenters. The van der Waals surface area contributed by atoms with Gasteiger partial charge in [0, 0.05) is 13.2 Å². The molecule has 0 amide bonds. The fraction of sp³-hybridized carbons (Fsp3) is 0.250. The highest BCUT2D eigenvalue weighted by Crippen LogP contribution is 2.22. The molecule has 0 radical (unpaired) electrons. The van der Waals surface area contributed by atoms with Crippen LogP contribution in [0, 0.1) is 11.6 Å². The van der Waals surface area contributed by atoms with E-state index >= 15 is 0 Å². The lowest BCUT2D eigenvalue weighted by Crippen LogP contribution is -2.12. The molecule has 0 aliphatic heterocycles. The van der Waals surface area contributed by atoms with Crippen molar-refractivity contribution in [3.05, 3.63) is 47.8 Å². The standard InChI is InChI=1S/C12H13F2N3/c1-8(11-6-7-15-17(11)2)16-10-5-3-4-9(13)12(10)14/h3-8,16H,1-2H3. The van der Waals surface area contributed by atoms with Crippen LogP contribution in [0.3, 0.4) is 0 Å². The minimum Gasteiger partial charge on any atom is -0.375 e. The maximum absolute atomic E-state index is 13.4. The number of hydrogen-bond donors (Lipinski definition) is 1. The molecule has 2 rings (SSSR count). The maximum Gasteiger partial charge on any atom is 0.181 e. The predicted octanol–water partition coefficient (Wildman–Crippen LogP) is 2.87. The van der Waals surface area contributed by atoms with Crippen LogP contribution in [0.2, 0.25) is 0 Å². The van der Waals surface area contributed by atoms with Gasteiger partial charge in [-0.1, -0.05) is 6.07 Å². The molecule has 0 bridgehead atoms. The van der Waals surface area contributed by atoms with E-state index in [-0.39, 0.29) is 11.7 Å². The molecule has 5 heteroatoms. The summed E-state index contributed by atoms with van der Waals surface area (Å²) in [5.74, 6) is -1.71. The van der Waals surface area contributed by atoms with Crippen molar-refractivity contribution < 1.29 is 8.78 Å². The number of aromatic nitrogens is 2. The van der Waals surface area contributed by atoms with E-state index in [1.807, 2.05) is 13.0 Å². The van der Waals surface area contributed by atoms with E-state index in [1.54, 1.807) is 17.9 Å². The van der Waals surface area contributed by atoms with Gasteiger partial charge in [0.1, 0.15) is 0 Å². The minimum absolute atomic E-state index is 0.152. The van der Waals surface area contributed by atoms with Crippen LogP contribution in [0.4, 0.5) is 14.5 Å². The Labute approximate surface area is 98.1 Å². The highest BCUT2D eigenvalue weighted by Gasteiger charge is 2.13. The second-order valence-electron chi connectivity index (χ2n) is 3.85. The Kier molecular flexibility index (Phi) is 3.08. The SMILES string of the molecule is CC(Nc1cccc(F)c1F)c1ccnn1C. The van der Waals surface area contributed by atoms with Gasteiger partial charge in [0.25, 0.3) is 0 Å². The molecular weight excluding hydrogens is 224 g/mol. The average Bonchev–Trinajstić information content (AvgIpc) is 2.71. The van der Waals surface area contributed by atoms with Crippen LogP contribution in [0.25, 0.3) is 0 Å². The lowest BCUT2D eigenvalue weighted by atomic mass is 10.2. The number of anilines is 1. The van der Waals surface area contributed by atoms with Gasteiger partial charge in [-0.25, -0.2) is 8.78 Å². The van der Waals surface area contributed by atoms with E-state index in [4.69, 9.17) is 0 Å². The van der Waals surface area contributed by atoms with Crippen LogP contribution in [0.5, 0.6) is 0 Å². The van der Waals surface area contributed by atoms with Crippen LogP contribution >= 0.6 is 0 Å². The van der Waals surface area contributed by atoms with Crippen LogP contribution in [-0.4, -0.2) is 9.78 Å². The Hall–Kier alpha value is -1.91. The molecule has 1 N–H and O–H groups in total. The second-order valence-corrected chi connectivity index (χ2v) is 3.85. The van der Waals surface area contributed by atoms with Crippen molar-refractivity contribution in [1.29, 1.82) is 0 Å². The molecular formula is C12H13F2N3. The zero-order valence-corrected chi connectivity index (χ0v) is 9.61. The zero-order chi connectivity index (χ0) is 12.4. The molecule has 1 unspecified atom stereocenters. The predicted molar refractivity (Wildman–Crippen MR) is 61.6 cm³/mol. The highest BCUT2D eigenvalue weighted by molar-refractivity contribution is 5.46. The normalized spacial score (nSPS) is 12.5. The third-order valence-electron chi connectivity index (χ3n) is 2.63. The number of nitrogens with one attached hydrogen (secondary N) is 1. The number of benzene rings is 1. The fourth-order valence-electron chi connectivity index (χ4n) is 1.73. The van der Waals surface area contributed by atoms with Crippen LogP contribution in [-0.2, 0) is 7.05 Å². The van der Waals surface area contributed by atoms with E-state index in [2.05, 4.69) is 10.4 Å². The van der Waals surface area contributed by atoms with Gasteiger partial charge in [-0.05, 0) is 25.1 Å². The Morgan fingerprint density at radius 3 is 2.71 bits per heavy atom. The summed E-state index contributed by atoms with van der Waals surface area (Å²) in [5, 5.41) is 6.95. The number of aryl methyl sites for hydroxylation is 1. The largest absolute Gasteiger partial charge is 0.375 e. The van der Waals surface area contributed by atoms with Gasteiger partial charge in [-0.3, -0.25) is 4.68 Å². The van der Waals surface area contributed by atoms with Crippen LogP contribution in [0.15, 0.2) is 30.5 Å². The summed E-state index contributed by atoms with van der Waals surface area (Å²) in [6.07, 6.45) is 1.66. The topological polar surface area (TPSA) is 29.9 Å². The Morgan fingerprint density at radius 2 is 2.06 bits per heavy atom. The first-order valence-corrected chi connectivity index (χ1v) is 5.28. The van der Waals surface area contributed by atoms with Crippen molar-refractivity contribution >= 4 is 5.69 Å². The van der Waals surface area contributed by atoms with Gasteiger partial charge in [0.2, 0.25) is 0 Å². The van der Waals surface area contributed by atoms with E-state index in [1.165, 1.54) is 12.1 Å². The number of hydrogen-bond acceptors (Lipinski definition) is 2. The van der Waals surface area contributed by atoms with Crippen molar-refractivity contribution in [1.82, 2.24) is 9.78 Å². The van der Waals surface area contributed by atoms with Gasteiger partial charge < -0.3 is 5.32 Å². The first kappa shape index (κ1) is 11.6. The lowest BCUT2D eigenvalue weighted by molar-refractivity contribution is 0.509. The molecule has 2 aromatic rings. The van der Waals surface area contributed by atoms with Gasteiger partial charge in [0.05, 0.1) is 17.4 Å². The van der Waals surface area contributed by atoms with Crippen molar-refractivity contribution in [2.45, 2.75) is 13.0 Å². The van der Waals surface area contributed by atoms with E-state index in [0.717, 1.165) is 11.8 Å². The van der Waals surface area contributed by atoms with Crippen molar-refractivity contribution in [3.8, 4) is 0 Å². The molecule has 1 aromatic heterocycles. The molecule has 0 saturated heterocycles. The van der Waals surface area contributed by atoms with Crippen molar-refractivity contribution in [3.63, 3.8) is 0 Å². The first-order chi connectivity index (χ1) is 8.09. The van der Waals surface area contributed by atoms with E-state index in [0.29, 0.717) is 0 Å². The van der Waals surface area contributed by atoms with E-state index in [9.17, 15) is 8.78 Å². The van der Waals surface area contributed by atoms with E-state index < -0.39 is 11.6 Å². The van der Waals surface area contributed by atoms with Gasteiger partial charge in [-0.15, -0.1) is 0 Å². The monoisotopic (exact) mass is 237 g/mol. The summed E-state index contributed by atoms with van der Waals surface area (Å²) < 4.78 is 28.2. The van der Waals surface area contributed by atoms with Crippen LogP contribution < -0.4 is 5.32 Å². The lowest BCUT2D eigenvalue weighted by Gasteiger charge is -2.16. The summed E-state index contributed by atoms with van der Waals surface area (Å²) in [6.45, 7) is 1.86. The highest BCUT2D eigenvalue weighted by atomic mass is 19.2. The quantitative estimate of drug-likeness (QED) is 0.889. The summed E-state index contributed by atoms with van der Waals surface area (Å²) in [6, 6.07) is 5.74. The third kappa shape index (κ3) is 2.27.